The fourth-order valence-electron chi connectivity index (χ4n) is 3.39. The maximum Gasteiger partial charge on any atom is 0.258 e. The molecule has 3 aromatic rings. The third kappa shape index (κ3) is 4.58. The molecule has 0 spiro atoms. The predicted octanol–water partition coefficient (Wildman–Crippen LogP) is 3.19. The number of carbonyl (C=O) groups excluding carboxylic acids is 1. The molecule has 160 valence electrons. The van der Waals surface area contributed by atoms with Crippen molar-refractivity contribution in [1.82, 2.24) is 9.55 Å². The molecule has 3 rings (SSSR count). The highest BCUT2D eigenvalue weighted by atomic mass is 16.5. The molecule has 7 heteroatoms. The van der Waals surface area contributed by atoms with Crippen LogP contribution < -0.4 is 10.3 Å². The fraction of sp³-hybridized carbons (Fsp3) is 0.348. The smallest absolute Gasteiger partial charge is 0.258 e. The van der Waals surface area contributed by atoms with E-state index in [0.29, 0.717) is 17.0 Å². The van der Waals surface area contributed by atoms with Crippen molar-refractivity contribution in [2.45, 2.75) is 33.0 Å². The Kier molecular flexibility index (Phi) is 7.86. The van der Waals surface area contributed by atoms with E-state index in [2.05, 4.69) is 4.98 Å². The number of carbonyl (C=O) groups is 1. The molecule has 1 atom stereocenters. The Hall–Kier alpha value is -3.03. The summed E-state index contributed by atoms with van der Waals surface area (Å²) >= 11 is 0. The van der Waals surface area contributed by atoms with Crippen LogP contribution in [-0.2, 0) is 16.6 Å². The van der Waals surface area contributed by atoms with Crippen molar-refractivity contribution in [1.29, 1.82) is 0 Å². The molecular weight excluding hydrogens is 384 g/mol. The largest absolute Gasteiger partial charge is 0.481 e. The molecular formula is C23H28N2O5. The molecule has 0 aliphatic carbocycles. The highest BCUT2D eigenvalue weighted by Gasteiger charge is 2.25. The van der Waals surface area contributed by atoms with Gasteiger partial charge in [-0.25, -0.2) is 4.98 Å². The average Bonchev–Trinajstić information content (AvgIpc) is 2.76. The molecule has 2 aromatic heterocycles. The molecule has 1 unspecified atom stereocenters. The molecule has 2 heterocycles. The van der Waals surface area contributed by atoms with Crippen LogP contribution in [0.5, 0.6) is 5.88 Å². The van der Waals surface area contributed by atoms with Gasteiger partial charge in [0.05, 0.1) is 18.9 Å². The number of rotatable bonds is 6. The number of aliphatic hydroxyl groups excluding tert-OH is 1. The lowest BCUT2D eigenvalue weighted by Gasteiger charge is -2.23. The van der Waals surface area contributed by atoms with Gasteiger partial charge in [0.25, 0.3) is 5.56 Å². The molecule has 0 aliphatic rings. The van der Waals surface area contributed by atoms with Crippen molar-refractivity contribution in [3.63, 3.8) is 0 Å². The van der Waals surface area contributed by atoms with Crippen molar-refractivity contribution in [2.75, 3.05) is 14.2 Å². The third-order valence-electron chi connectivity index (χ3n) is 4.64. The molecule has 0 saturated heterocycles. The molecule has 0 fully saturated rings. The monoisotopic (exact) mass is 412 g/mol. The van der Waals surface area contributed by atoms with Crippen LogP contribution >= 0.6 is 0 Å². The zero-order chi connectivity index (χ0) is 22.4. The average molecular weight is 412 g/mol. The maximum atomic E-state index is 13.0. The second-order valence-corrected chi connectivity index (χ2v) is 7.00. The quantitative estimate of drug-likeness (QED) is 0.626. The molecule has 0 bridgehead atoms. The van der Waals surface area contributed by atoms with Crippen LogP contribution in [0.1, 0.15) is 31.2 Å². The minimum atomic E-state index is -0.875. The summed E-state index contributed by atoms with van der Waals surface area (Å²) in [5.74, 6) is 0.487. The number of hydrogen-bond acceptors (Lipinski definition) is 6. The number of aldehydes is 1. The summed E-state index contributed by atoms with van der Waals surface area (Å²) < 4.78 is 12.5. The van der Waals surface area contributed by atoms with E-state index in [9.17, 15) is 9.59 Å². The number of aliphatic hydroxyl groups is 1. The standard InChI is InChI=1S/C22H24N2O4.CH4O/c1-13(2)28-18(12-25)21-20(15-7-9-19(27-5)23-11-15)17-10-14(3)6-8-16(17)22(26)24(21)4;1-2/h6-13,18H,1-5H3;2H,1H3. The van der Waals surface area contributed by atoms with Gasteiger partial charge in [-0.2, -0.15) is 0 Å². The number of aryl methyl sites for hydroxylation is 1. The summed E-state index contributed by atoms with van der Waals surface area (Å²) in [6, 6.07) is 9.30. The Balaban J connectivity index is 0.00000155. The Morgan fingerprint density at radius 1 is 1.13 bits per heavy atom. The van der Waals surface area contributed by atoms with Crippen molar-refractivity contribution in [2.24, 2.45) is 7.05 Å². The number of nitrogens with zero attached hydrogens (tertiary/aromatic N) is 2. The van der Waals surface area contributed by atoms with Gasteiger partial charge in [0.15, 0.2) is 12.4 Å². The van der Waals surface area contributed by atoms with Crippen molar-refractivity contribution >= 4 is 17.1 Å². The Morgan fingerprint density at radius 2 is 1.83 bits per heavy atom. The number of hydrogen-bond donors (Lipinski definition) is 1. The van der Waals surface area contributed by atoms with Crippen LogP contribution in [0.25, 0.3) is 21.9 Å². The molecule has 0 aliphatic heterocycles. The van der Waals surface area contributed by atoms with E-state index < -0.39 is 6.10 Å². The van der Waals surface area contributed by atoms with Crippen LogP contribution in [0.15, 0.2) is 41.3 Å². The SMILES string of the molecule is CO.COc1ccc(-c2c(C(C=O)OC(C)C)n(C)c(=O)c3ccc(C)cc23)cn1. The van der Waals surface area contributed by atoms with E-state index in [0.717, 1.165) is 35.5 Å². The van der Waals surface area contributed by atoms with Gasteiger partial charge in [-0.05, 0) is 38.3 Å². The molecule has 0 amide bonds. The van der Waals surface area contributed by atoms with E-state index >= 15 is 0 Å². The zero-order valence-corrected chi connectivity index (χ0v) is 18.2. The lowest BCUT2D eigenvalue weighted by Crippen LogP contribution is -2.26. The molecule has 0 radical (unpaired) electrons. The van der Waals surface area contributed by atoms with E-state index in [4.69, 9.17) is 14.6 Å². The van der Waals surface area contributed by atoms with Crippen LogP contribution in [0.4, 0.5) is 0 Å². The Labute approximate surface area is 175 Å². The first kappa shape index (κ1) is 23.3. The number of benzene rings is 1. The second-order valence-electron chi connectivity index (χ2n) is 7.00. The van der Waals surface area contributed by atoms with Crippen molar-refractivity contribution < 1.29 is 19.4 Å². The van der Waals surface area contributed by atoms with Crippen LogP contribution in [0.2, 0.25) is 0 Å². The van der Waals surface area contributed by atoms with Crippen molar-refractivity contribution in [3.8, 4) is 17.0 Å². The predicted molar refractivity (Wildman–Crippen MR) is 117 cm³/mol. The second kappa shape index (κ2) is 10.1. The van der Waals surface area contributed by atoms with Crippen LogP contribution in [0.3, 0.4) is 0 Å². The van der Waals surface area contributed by atoms with Gasteiger partial charge < -0.3 is 23.9 Å². The number of methoxy groups -OCH3 is 1. The summed E-state index contributed by atoms with van der Waals surface area (Å²) in [6.07, 6.45) is 1.36. The van der Waals surface area contributed by atoms with Crippen molar-refractivity contribution in [3.05, 3.63) is 58.1 Å². The summed E-state index contributed by atoms with van der Waals surface area (Å²) in [5.41, 5.74) is 2.89. The summed E-state index contributed by atoms with van der Waals surface area (Å²) in [6.45, 7) is 5.68. The van der Waals surface area contributed by atoms with Gasteiger partial charge in [-0.3, -0.25) is 4.79 Å². The lowest BCUT2D eigenvalue weighted by atomic mass is 9.94. The summed E-state index contributed by atoms with van der Waals surface area (Å²) in [5, 5.41) is 8.35. The zero-order valence-electron chi connectivity index (χ0n) is 18.2. The number of fused-ring (bicyclic) bond motifs is 1. The molecule has 7 nitrogen and oxygen atoms in total. The highest BCUT2D eigenvalue weighted by Crippen LogP contribution is 2.35. The van der Waals surface area contributed by atoms with E-state index in [1.54, 1.807) is 26.4 Å². The minimum Gasteiger partial charge on any atom is -0.481 e. The van der Waals surface area contributed by atoms with E-state index in [-0.39, 0.29) is 11.7 Å². The van der Waals surface area contributed by atoms with Gasteiger partial charge in [-0.15, -0.1) is 0 Å². The highest BCUT2D eigenvalue weighted by molar-refractivity contribution is 5.98. The van der Waals surface area contributed by atoms with E-state index in [1.807, 2.05) is 45.0 Å². The first-order chi connectivity index (χ1) is 14.4. The normalized spacial score (nSPS) is 11.7. The number of pyridine rings is 2. The molecule has 1 N–H and O–H groups in total. The first-order valence-corrected chi connectivity index (χ1v) is 9.56. The molecule has 1 aromatic carbocycles. The van der Waals surface area contributed by atoms with E-state index in [1.165, 1.54) is 4.57 Å². The summed E-state index contributed by atoms with van der Waals surface area (Å²) in [7, 11) is 4.22. The Morgan fingerprint density at radius 3 is 2.37 bits per heavy atom. The van der Waals surface area contributed by atoms with Crippen LogP contribution in [0, 0.1) is 6.92 Å². The molecule has 0 saturated carbocycles. The number of aromatic nitrogens is 2. The number of ether oxygens (including phenoxy) is 2. The first-order valence-electron chi connectivity index (χ1n) is 9.56. The Bertz CT molecular complexity index is 1070. The van der Waals surface area contributed by atoms with Gasteiger partial charge in [0.1, 0.15) is 0 Å². The third-order valence-corrected chi connectivity index (χ3v) is 4.64. The van der Waals surface area contributed by atoms with Crippen LogP contribution in [-0.4, -0.2) is 41.3 Å². The molecule has 30 heavy (non-hydrogen) atoms. The van der Waals surface area contributed by atoms with Gasteiger partial charge >= 0.3 is 0 Å². The minimum absolute atomic E-state index is 0.172. The lowest BCUT2D eigenvalue weighted by molar-refractivity contribution is -0.121. The van der Waals surface area contributed by atoms with Gasteiger partial charge in [0, 0.05) is 42.9 Å². The van der Waals surface area contributed by atoms with Gasteiger partial charge in [-0.1, -0.05) is 17.7 Å². The topological polar surface area (TPSA) is 90.7 Å². The van der Waals surface area contributed by atoms with Gasteiger partial charge in [0.2, 0.25) is 5.88 Å². The fourth-order valence-corrected chi connectivity index (χ4v) is 3.39. The maximum absolute atomic E-state index is 13.0. The summed E-state index contributed by atoms with van der Waals surface area (Å²) in [4.78, 5) is 29.2.